The minimum absolute atomic E-state index is 0.0300. The molecule has 0 bridgehead atoms. The van der Waals surface area contributed by atoms with Gasteiger partial charge in [-0.3, -0.25) is 14.4 Å². The second-order valence-electron chi connectivity index (χ2n) is 9.40. The van der Waals surface area contributed by atoms with Crippen LogP contribution in [-0.2, 0) is 23.9 Å². The van der Waals surface area contributed by atoms with Crippen molar-refractivity contribution >= 4 is 23.9 Å². The van der Waals surface area contributed by atoms with Gasteiger partial charge in [0.2, 0.25) is 11.8 Å². The Bertz CT molecular complexity index is 878. The SMILES string of the molecule is CCCCN(C(=O)CNC(=O)OC(C)(C)C)C(C(=O)NCCC(=O)OCC)c1ccc(C)cc1C. The summed E-state index contributed by atoms with van der Waals surface area (Å²) in [5, 5.41) is 5.27. The maximum atomic E-state index is 13.4. The van der Waals surface area contributed by atoms with E-state index in [1.54, 1.807) is 27.7 Å². The zero-order valence-electron chi connectivity index (χ0n) is 22.2. The minimum Gasteiger partial charge on any atom is -0.466 e. The van der Waals surface area contributed by atoms with Gasteiger partial charge in [0.15, 0.2) is 0 Å². The molecule has 0 heterocycles. The number of amides is 3. The third-order valence-corrected chi connectivity index (χ3v) is 5.07. The van der Waals surface area contributed by atoms with Gasteiger partial charge in [0.05, 0.1) is 13.0 Å². The van der Waals surface area contributed by atoms with Gasteiger partial charge in [-0.25, -0.2) is 4.79 Å². The van der Waals surface area contributed by atoms with Gasteiger partial charge in [-0.15, -0.1) is 0 Å². The standard InChI is InChI=1S/C26H41N3O6/c1-8-10-15-29(21(30)17-28-25(33)35-26(5,6)7)23(20-12-11-18(3)16-19(20)4)24(32)27-14-13-22(31)34-9-2/h11-12,16,23H,8-10,13-15,17H2,1-7H3,(H,27,32)(H,28,33). The molecule has 0 saturated carbocycles. The molecule has 1 rings (SSSR count). The van der Waals surface area contributed by atoms with E-state index in [2.05, 4.69) is 10.6 Å². The van der Waals surface area contributed by atoms with E-state index in [1.165, 1.54) is 4.90 Å². The Morgan fingerprint density at radius 3 is 2.31 bits per heavy atom. The number of benzene rings is 1. The molecule has 9 nitrogen and oxygen atoms in total. The number of aryl methyl sites for hydroxylation is 2. The van der Waals surface area contributed by atoms with Gasteiger partial charge in [0.1, 0.15) is 18.2 Å². The van der Waals surface area contributed by atoms with Crippen molar-refractivity contribution in [1.82, 2.24) is 15.5 Å². The predicted molar refractivity (Wildman–Crippen MR) is 134 cm³/mol. The van der Waals surface area contributed by atoms with Gasteiger partial charge in [0, 0.05) is 13.1 Å². The van der Waals surface area contributed by atoms with Crippen LogP contribution in [0, 0.1) is 13.8 Å². The highest BCUT2D eigenvalue weighted by Gasteiger charge is 2.32. The first-order valence-corrected chi connectivity index (χ1v) is 12.2. The molecule has 3 amide bonds. The summed E-state index contributed by atoms with van der Waals surface area (Å²) in [7, 11) is 0. The lowest BCUT2D eigenvalue weighted by atomic mass is 9.96. The summed E-state index contributed by atoms with van der Waals surface area (Å²) in [6, 6.07) is 4.77. The Kier molecular flexibility index (Phi) is 12.3. The summed E-state index contributed by atoms with van der Waals surface area (Å²) in [5.74, 6) is -1.21. The average molecular weight is 492 g/mol. The fourth-order valence-electron chi connectivity index (χ4n) is 3.49. The Labute approximate surface area is 208 Å². The average Bonchev–Trinajstić information content (AvgIpc) is 2.74. The molecule has 0 aromatic heterocycles. The lowest BCUT2D eigenvalue weighted by molar-refractivity contribution is -0.143. The van der Waals surface area contributed by atoms with E-state index in [0.717, 1.165) is 17.5 Å². The highest BCUT2D eigenvalue weighted by molar-refractivity contribution is 5.91. The van der Waals surface area contributed by atoms with Crippen LogP contribution in [-0.4, -0.2) is 60.6 Å². The number of esters is 1. The molecule has 0 fully saturated rings. The fraction of sp³-hybridized carbons (Fsp3) is 0.615. The number of nitrogens with zero attached hydrogens (tertiary/aromatic N) is 1. The van der Waals surface area contributed by atoms with Gasteiger partial charge >= 0.3 is 12.1 Å². The van der Waals surface area contributed by atoms with Crippen LogP contribution in [0.4, 0.5) is 4.79 Å². The van der Waals surface area contributed by atoms with Crippen LogP contribution in [0.2, 0.25) is 0 Å². The van der Waals surface area contributed by atoms with Crippen LogP contribution < -0.4 is 10.6 Å². The smallest absolute Gasteiger partial charge is 0.408 e. The van der Waals surface area contributed by atoms with Crippen LogP contribution in [0.1, 0.15) is 76.6 Å². The van der Waals surface area contributed by atoms with E-state index in [1.807, 2.05) is 39.0 Å². The molecule has 0 aliphatic heterocycles. The molecule has 0 aliphatic carbocycles. The zero-order chi connectivity index (χ0) is 26.6. The fourth-order valence-corrected chi connectivity index (χ4v) is 3.49. The Balaban J connectivity index is 3.18. The normalized spacial score (nSPS) is 11.9. The highest BCUT2D eigenvalue weighted by atomic mass is 16.6. The number of nitrogens with one attached hydrogen (secondary N) is 2. The minimum atomic E-state index is -0.919. The summed E-state index contributed by atoms with van der Waals surface area (Å²) in [5.41, 5.74) is 1.89. The summed E-state index contributed by atoms with van der Waals surface area (Å²) in [4.78, 5) is 51.9. The van der Waals surface area contributed by atoms with Crippen molar-refractivity contribution in [3.63, 3.8) is 0 Å². The topological polar surface area (TPSA) is 114 Å². The molecule has 9 heteroatoms. The third kappa shape index (κ3) is 10.8. The van der Waals surface area contributed by atoms with Crippen LogP contribution in [0.15, 0.2) is 18.2 Å². The molecule has 1 unspecified atom stereocenters. The van der Waals surface area contributed by atoms with Crippen molar-refractivity contribution < 1.29 is 28.7 Å². The maximum Gasteiger partial charge on any atom is 0.408 e. The van der Waals surface area contributed by atoms with E-state index in [9.17, 15) is 19.2 Å². The lowest BCUT2D eigenvalue weighted by Crippen LogP contribution is -2.48. The molecular weight excluding hydrogens is 450 g/mol. The molecule has 0 aliphatic rings. The number of alkyl carbamates (subject to hydrolysis) is 1. The summed E-state index contributed by atoms with van der Waals surface area (Å²) >= 11 is 0. The van der Waals surface area contributed by atoms with Crippen molar-refractivity contribution in [1.29, 1.82) is 0 Å². The number of carbonyl (C=O) groups excluding carboxylic acids is 4. The molecule has 196 valence electrons. The summed E-state index contributed by atoms with van der Waals surface area (Å²) < 4.78 is 10.1. The maximum absolute atomic E-state index is 13.4. The molecular formula is C26H41N3O6. The van der Waals surface area contributed by atoms with Crippen LogP contribution in [0.3, 0.4) is 0 Å². The number of carbonyl (C=O) groups is 4. The van der Waals surface area contributed by atoms with Crippen molar-refractivity contribution in [2.45, 2.75) is 79.4 Å². The first-order valence-electron chi connectivity index (χ1n) is 12.2. The number of unbranched alkanes of at least 4 members (excludes halogenated alkanes) is 1. The van der Waals surface area contributed by atoms with E-state index in [0.29, 0.717) is 18.5 Å². The molecule has 0 saturated heterocycles. The van der Waals surface area contributed by atoms with E-state index >= 15 is 0 Å². The summed E-state index contributed by atoms with van der Waals surface area (Å²) in [6.07, 6.45) is 0.814. The number of hydrogen-bond acceptors (Lipinski definition) is 6. The lowest BCUT2D eigenvalue weighted by Gasteiger charge is -2.32. The second-order valence-corrected chi connectivity index (χ2v) is 9.40. The number of rotatable bonds is 12. The monoisotopic (exact) mass is 491 g/mol. The van der Waals surface area contributed by atoms with Crippen molar-refractivity contribution in [2.75, 3.05) is 26.2 Å². The summed E-state index contributed by atoms with van der Waals surface area (Å²) in [6.45, 7) is 13.1. The Morgan fingerprint density at radius 2 is 1.74 bits per heavy atom. The van der Waals surface area contributed by atoms with Crippen LogP contribution in [0.5, 0.6) is 0 Å². The first-order chi connectivity index (χ1) is 16.4. The van der Waals surface area contributed by atoms with Gasteiger partial charge in [-0.05, 0) is 59.1 Å². The molecule has 35 heavy (non-hydrogen) atoms. The molecule has 0 radical (unpaired) electrons. The molecule has 0 spiro atoms. The van der Waals surface area contributed by atoms with Gasteiger partial charge in [-0.1, -0.05) is 37.1 Å². The van der Waals surface area contributed by atoms with E-state index in [4.69, 9.17) is 9.47 Å². The van der Waals surface area contributed by atoms with Crippen molar-refractivity contribution in [2.24, 2.45) is 0 Å². The highest BCUT2D eigenvalue weighted by Crippen LogP contribution is 2.26. The largest absolute Gasteiger partial charge is 0.466 e. The van der Waals surface area contributed by atoms with Crippen molar-refractivity contribution in [3.8, 4) is 0 Å². The second kappa shape index (κ2) is 14.3. The zero-order valence-corrected chi connectivity index (χ0v) is 22.2. The first kappa shape index (κ1) is 29.9. The van der Waals surface area contributed by atoms with Gasteiger partial charge < -0.3 is 25.0 Å². The van der Waals surface area contributed by atoms with E-state index in [-0.39, 0.29) is 26.1 Å². The van der Waals surface area contributed by atoms with E-state index < -0.39 is 35.5 Å². The van der Waals surface area contributed by atoms with Crippen molar-refractivity contribution in [3.05, 3.63) is 34.9 Å². The molecule has 2 N–H and O–H groups in total. The Morgan fingerprint density at radius 1 is 1.06 bits per heavy atom. The van der Waals surface area contributed by atoms with Gasteiger partial charge in [0.25, 0.3) is 0 Å². The molecule has 1 aromatic rings. The van der Waals surface area contributed by atoms with Crippen LogP contribution in [0.25, 0.3) is 0 Å². The predicted octanol–water partition coefficient (Wildman–Crippen LogP) is 3.57. The molecule has 1 atom stereocenters. The number of ether oxygens (including phenoxy) is 2. The molecule has 1 aromatic carbocycles. The van der Waals surface area contributed by atoms with Gasteiger partial charge in [-0.2, -0.15) is 0 Å². The quantitative estimate of drug-likeness (QED) is 0.432. The number of hydrogen-bond donors (Lipinski definition) is 2. The van der Waals surface area contributed by atoms with Crippen LogP contribution >= 0.6 is 0 Å². The Hall–Kier alpha value is -3.10. The third-order valence-electron chi connectivity index (χ3n) is 5.07.